The summed E-state index contributed by atoms with van der Waals surface area (Å²) in [4.78, 5) is 12.4. The van der Waals surface area contributed by atoms with Crippen LogP contribution in [0.15, 0.2) is 103 Å². The van der Waals surface area contributed by atoms with E-state index in [-0.39, 0.29) is 5.78 Å². The van der Waals surface area contributed by atoms with Gasteiger partial charge in [0.1, 0.15) is 0 Å². The lowest BCUT2D eigenvalue weighted by Crippen LogP contribution is -1.93. The van der Waals surface area contributed by atoms with Gasteiger partial charge in [-0.1, -0.05) is 97.1 Å². The van der Waals surface area contributed by atoms with Crippen molar-refractivity contribution in [1.82, 2.24) is 0 Å². The Morgan fingerprint density at radius 1 is 0.615 bits per heavy atom. The molecule has 0 fully saturated rings. The maximum Gasteiger partial charge on any atom is 0.185 e. The fourth-order valence-electron chi connectivity index (χ4n) is 3.03. The number of ketones is 1. The van der Waals surface area contributed by atoms with Crippen LogP contribution in [0.3, 0.4) is 0 Å². The number of benzene rings is 4. The zero-order chi connectivity index (χ0) is 17.8. The number of rotatable bonds is 4. The van der Waals surface area contributed by atoms with Crippen LogP contribution in [0.2, 0.25) is 0 Å². The Labute approximate surface area is 153 Å². The van der Waals surface area contributed by atoms with Crippen molar-refractivity contribution in [1.29, 1.82) is 0 Å². The van der Waals surface area contributed by atoms with Gasteiger partial charge < -0.3 is 0 Å². The van der Waals surface area contributed by atoms with Crippen LogP contribution in [0.25, 0.3) is 28.0 Å². The maximum atomic E-state index is 12.4. The van der Waals surface area contributed by atoms with Crippen molar-refractivity contribution in [3.05, 3.63) is 114 Å². The molecule has 0 aliphatic heterocycles. The minimum Gasteiger partial charge on any atom is -0.289 e. The molecule has 124 valence electrons. The third kappa shape index (κ3) is 3.47. The van der Waals surface area contributed by atoms with E-state index in [1.807, 2.05) is 72.8 Å². The summed E-state index contributed by atoms with van der Waals surface area (Å²) in [6, 6.07) is 32.4. The van der Waals surface area contributed by atoms with Crippen molar-refractivity contribution >= 4 is 22.6 Å². The summed E-state index contributed by atoms with van der Waals surface area (Å²) in [7, 11) is 0. The summed E-state index contributed by atoms with van der Waals surface area (Å²) in [6.07, 6.45) is 3.47. The predicted molar refractivity (Wildman–Crippen MR) is 109 cm³/mol. The number of carbonyl (C=O) groups is 1. The zero-order valence-electron chi connectivity index (χ0n) is 14.3. The quantitative estimate of drug-likeness (QED) is 0.311. The van der Waals surface area contributed by atoms with Crippen molar-refractivity contribution < 1.29 is 4.79 Å². The molecule has 0 aliphatic rings. The molecular weight excluding hydrogens is 316 g/mol. The molecule has 0 amide bonds. The van der Waals surface area contributed by atoms with Crippen LogP contribution in [0.1, 0.15) is 15.9 Å². The predicted octanol–water partition coefficient (Wildman–Crippen LogP) is 6.40. The van der Waals surface area contributed by atoms with Crippen LogP contribution in [0, 0.1) is 0 Å². The van der Waals surface area contributed by atoms with Crippen LogP contribution in [0.5, 0.6) is 0 Å². The SMILES string of the molecule is O=C(/C=C/c1ccccc1)c1ccc(-c2ccc3ccccc3c2)cc1. The van der Waals surface area contributed by atoms with Gasteiger partial charge >= 0.3 is 0 Å². The van der Waals surface area contributed by atoms with Crippen LogP contribution in [0.4, 0.5) is 0 Å². The summed E-state index contributed by atoms with van der Waals surface area (Å²) >= 11 is 0. The van der Waals surface area contributed by atoms with Crippen LogP contribution < -0.4 is 0 Å². The summed E-state index contributed by atoms with van der Waals surface area (Å²) in [5, 5.41) is 2.45. The maximum absolute atomic E-state index is 12.4. The van der Waals surface area contributed by atoms with Gasteiger partial charge in [-0.25, -0.2) is 0 Å². The number of carbonyl (C=O) groups excluding carboxylic acids is 1. The summed E-state index contributed by atoms with van der Waals surface area (Å²) in [5.41, 5.74) is 3.98. The minimum absolute atomic E-state index is 0.0129. The second-order valence-corrected chi connectivity index (χ2v) is 6.25. The average molecular weight is 334 g/mol. The molecule has 4 aromatic rings. The smallest absolute Gasteiger partial charge is 0.185 e. The lowest BCUT2D eigenvalue weighted by molar-refractivity contribution is 0.104. The average Bonchev–Trinajstić information content (AvgIpc) is 2.72. The molecule has 1 nitrogen and oxygen atoms in total. The number of allylic oxidation sites excluding steroid dienone is 1. The topological polar surface area (TPSA) is 17.1 Å². The summed E-state index contributed by atoms with van der Waals surface area (Å²) in [5.74, 6) is 0.0129. The van der Waals surface area contributed by atoms with Crippen molar-refractivity contribution in [2.24, 2.45) is 0 Å². The van der Waals surface area contributed by atoms with Gasteiger partial charge in [0.15, 0.2) is 5.78 Å². The largest absolute Gasteiger partial charge is 0.289 e. The van der Waals surface area contributed by atoms with Gasteiger partial charge in [-0.05, 0) is 39.6 Å². The molecule has 0 aromatic heterocycles. The van der Waals surface area contributed by atoms with E-state index in [0.29, 0.717) is 5.56 Å². The van der Waals surface area contributed by atoms with E-state index in [2.05, 4.69) is 30.3 Å². The molecule has 0 bridgehead atoms. The molecule has 0 aliphatic carbocycles. The number of hydrogen-bond donors (Lipinski definition) is 0. The molecule has 0 saturated carbocycles. The lowest BCUT2D eigenvalue weighted by Gasteiger charge is -2.05. The summed E-state index contributed by atoms with van der Waals surface area (Å²) in [6.45, 7) is 0. The van der Waals surface area contributed by atoms with Crippen molar-refractivity contribution in [3.63, 3.8) is 0 Å². The first-order valence-electron chi connectivity index (χ1n) is 8.66. The second kappa shape index (κ2) is 7.20. The molecule has 0 unspecified atom stereocenters. The normalized spacial score (nSPS) is 11.1. The Bertz CT molecular complexity index is 1070. The third-order valence-electron chi connectivity index (χ3n) is 4.48. The molecule has 1 heteroatoms. The monoisotopic (exact) mass is 334 g/mol. The molecular formula is C25H18O. The highest BCUT2D eigenvalue weighted by molar-refractivity contribution is 6.07. The van der Waals surface area contributed by atoms with Gasteiger partial charge in [-0.15, -0.1) is 0 Å². The molecule has 4 aromatic carbocycles. The van der Waals surface area contributed by atoms with Crippen LogP contribution in [-0.4, -0.2) is 5.78 Å². The fourth-order valence-corrected chi connectivity index (χ4v) is 3.03. The Balaban J connectivity index is 1.55. The van der Waals surface area contributed by atoms with Gasteiger partial charge in [0.2, 0.25) is 0 Å². The number of fused-ring (bicyclic) bond motifs is 1. The zero-order valence-corrected chi connectivity index (χ0v) is 14.3. The van der Waals surface area contributed by atoms with Crippen molar-refractivity contribution in [2.75, 3.05) is 0 Å². The first kappa shape index (κ1) is 16.0. The lowest BCUT2D eigenvalue weighted by atomic mass is 9.99. The van der Waals surface area contributed by atoms with Crippen molar-refractivity contribution in [2.45, 2.75) is 0 Å². The van der Waals surface area contributed by atoms with Crippen molar-refractivity contribution in [3.8, 4) is 11.1 Å². The van der Waals surface area contributed by atoms with Gasteiger partial charge in [-0.2, -0.15) is 0 Å². The van der Waals surface area contributed by atoms with Gasteiger partial charge in [0.05, 0.1) is 0 Å². The molecule has 26 heavy (non-hydrogen) atoms. The molecule has 0 N–H and O–H groups in total. The molecule has 0 saturated heterocycles. The fraction of sp³-hybridized carbons (Fsp3) is 0. The van der Waals surface area contributed by atoms with Gasteiger partial charge in [-0.3, -0.25) is 4.79 Å². The van der Waals surface area contributed by atoms with Gasteiger partial charge in [0.25, 0.3) is 0 Å². The van der Waals surface area contributed by atoms with E-state index in [9.17, 15) is 4.79 Å². The van der Waals surface area contributed by atoms with Crippen LogP contribution in [-0.2, 0) is 0 Å². The van der Waals surface area contributed by atoms with Crippen LogP contribution >= 0.6 is 0 Å². The van der Waals surface area contributed by atoms with Gasteiger partial charge in [0, 0.05) is 5.56 Å². The summed E-state index contributed by atoms with van der Waals surface area (Å²) < 4.78 is 0. The first-order valence-corrected chi connectivity index (χ1v) is 8.66. The van der Waals surface area contributed by atoms with E-state index < -0.39 is 0 Å². The Kier molecular flexibility index (Phi) is 4.44. The number of hydrogen-bond acceptors (Lipinski definition) is 1. The molecule has 0 spiro atoms. The van der Waals surface area contributed by atoms with E-state index in [0.717, 1.165) is 16.7 Å². The Morgan fingerprint density at radius 2 is 1.27 bits per heavy atom. The van der Waals surface area contributed by atoms with E-state index in [1.54, 1.807) is 6.08 Å². The molecule has 4 rings (SSSR count). The highest BCUT2D eigenvalue weighted by Crippen LogP contribution is 2.25. The third-order valence-corrected chi connectivity index (χ3v) is 4.48. The first-order chi connectivity index (χ1) is 12.8. The highest BCUT2D eigenvalue weighted by Gasteiger charge is 2.04. The molecule has 0 heterocycles. The second-order valence-electron chi connectivity index (χ2n) is 6.25. The molecule has 0 atom stereocenters. The Morgan fingerprint density at radius 3 is 2.04 bits per heavy atom. The minimum atomic E-state index is 0.0129. The standard InChI is InChI=1S/C25H18O/c26-25(17-10-19-6-2-1-3-7-19)22-14-11-21(12-15-22)24-16-13-20-8-4-5-9-23(20)18-24/h1-18H/b17-10+. The Hall–Kier alpha value is -3.45. The van der Waals surface area contributed by atoms with E-state index in [1.165, 1.54) is 10.8 Å². The molecule has 0 radical (unpaired) electrons. The van der Waals surface area contributed by atoms with E-state index >= 15 is 0 Å². The highest BCUT2D eigenvalue weighted by atomic mass is 16.1. The van der Waals surface area contributed by atoms with E-state index in [4.69, 9.17) is 0 Å².